The van der Waals surface area contributed by atoms with Crippen LogP contribution in [0.1, 0.15) is 5.82 Å². The summed E-state index contributed by atoms with van der Waals surface area (Å²) in [5.74, 6) is 1.41. The molecule has 1 amide bonds. The maximum atomic E-state index is 11.0. The quantitative estimate of drug-likeness (QED) is 0.767. The molecule has 6 heteroatoms. The average Bonchev–Trinajstić information content (AvgIpc) is 2.89. The zero-order valence-corrected chi connectivity index (χ0v) is 9.92. The minimum atomic E-state index is 0.495. The van der Waals surface area contributed by atoms with Gasteiger partial charge in [0.2, 0.25) is 6.41 Å². The normalized spacial score (nSPS) is 15.3. The van der Waals surface area contributed by atoms with Gasteiger partial charge in [0.05, 0.1) is 23.3 Å². The lowest BCUT2D eigenvalue weighted by Crippen LogP contribution is -2.38. The largest absolute Gasteiger partial charge is 0.384 e. The van der Waals surface area contributed by atoms with Crippen LogP contribution in [-0.4, -0.2) is 27.9 Å². The van der Waals surface area contributed by atoms with Crippen LogP contribution >= 0.6 is 0 Å². The number of hydrazine groups is 1. The zero-order chi connectivity index (χ0) is 12.7. The van der Waals surface area contributed by atoms with Crippen LogP contribution in [-0.2, 0) is 4.79 Å². The number of fused-ring (bicyclic) bond motifs is 1. The number of aromatic nitrogens is 2. The van der Waals surface area contributed by atoms with Gasteiger partial charge in [0.1, 0.15) is 11.6 Å². The molecule has 2 heterocycles. The lowest BCUT2D eigenvalue weighted by Gasteiger charge is -2.27. The zero-order valence-electron chi connectivity index (χ0n) is 9.92. The molecule has 0 aliphatic carbocycles. The molecule has 0 unspecified atom stereocenters. The van der Waals surface area contributed by atoms with Gasteiger partial charge in [-0.1, -0.05) is 0 Å². The number of benzene rings is 1. The standard InChI is InChI=1S/C12H13N5O/c1-8-14-10-3-2-9(6-11(10)15-8)17-12(13)4-5-16(17)7-18/h2-4,6-7H,5,13H2,1H3,(H,14,15). The van der Waals surface area contributed by atoms with Crippen molar-refractivity contribution in [2.24, 2.45) is 5.73 Å². The van der Waals surface area contributed by atoms with Gasteiger partial charge >= 0.3 is 0 Å². The average molecular weight is 243 g/mol. The Bertz CT molecular complexity index is 645. The third-order valence-corrected chi connectivity index (χ3v) is 2.94. The highest BCUT2D eigenvalue weighted by molar-refractivity contribution is 5.80. The highest BCUT2D eigenvalue weighted by Crippen LogP contribution is 2.25. The molecule has 0 radical (unpaired) electrons. The van der Waals surface area contributed by atoms with Crippen LogP contribution in [0.2, 0.25) is 0 Å². The van der Waals surface area contributed by atoms with E-state index in [4.69, 9.17) is 5.73 Å². The molecule has 1 aromatic carbocycles. The molecule has 6 nitrogen and oxygen atoms in total. The van der Waals surface area contributed by atoms with E-state index >= 15 is 0 Å². The second-order valence-electron chi connectivity index (χ2n) is 4.19. The second kappa shape index (κ2) is 3.76. The van der Waals surface area contributed by atoms with Gasteiger partial charge in [0.15, 0.2) is 0 Å². The van der Waals surface area contributed by atoms with Crippen molar-refractivity contribution in [1.82, 2.24) is 15.0 Å². The van der Waals surface area contributed by atoms with Crippen LogP contribution in [0.15, 0.2) is 30.1 Å². The van der Waals surface area contributed by atoms with Crippen molar-refractivity contribution >= 4 is 23.1 Å². The van der Waals surface area contributed by atoms with Crippen molar-refractivity contribution in [3.05, 3.63) is 35.9 Å². The maximum Gasteiger partial charge on any atom is 0.228 e. The molecule has 18 heavy (non-hydrogen) atoms. The number of nitrogens with one attached hydrogen (secondary N) is 1. The summed E-state index contributed by atoms with van der Waals surface area (Å²) < 4.78 is 0. The minimum Gasteiger partial charge on any atom is -0.384 e. The van der Waals surface area contributed by atoms with Gasteiger partial charge in [-0.05, 0) is 31.2 Å². The third kappa shape index (κ3) is 1.50. The lowest BCUT2D eigenvalue weighted by atomic mass is 10.2. The highest BCUT2D eigenvalue weighted by Gasteiger charge is 2.22. The Morgan fingerprint density at radius 3 is 3.11 bits per heavy atom. The summed E-state index contributed by atoms with van der Waals surface area (Å²) >= 11 is 0. The van der Waals surface area contributed by atoms with Crippen molar-refractivity contribution < 1.29 is 4.79 Å². The Kier molecular flexibility index (Phi) is 2.22. The summed E-state index contributed by atoms with van der Waals surface area (Å²) in [7, 11) is 0. The molecular formula is C12H13N5O. The van der Waals surface area contributed by atoms with Crippen LogP contribution < -0.4 is 10.7 Å². The van der Waals surface area contributed by atoms with Crippen molar-refractivity contribution in [1.29, 1.82) is 0 Å². The lowest BCUT2D eigenvalue weighted by molar-refractivity contribution is -0.117. The summed E-state index contributed by atoms with van der Waals surface area (Å²) in [6, 6.07) is 5.73. The van der Waals surface area contributed by atoms with Gasteiger partial charge in [-0.3, -0.25) is 4.79 Å². The second-order valence-corrected chi connectivity index (χ2v) is 4.19. The predicted molar refractivity (Wildman–Crippen MR) is 68.4 cm³/mol. The Hall–Kier alpha value is -2.50. The number of rotatable bonds is 2. The topological polar surface area (TPSA) is 78.2 Å². The van der Waals surface area contributed by atoms with E-state index < -0.39 is 0 Å². The Morgan fingerprint density at radius 1 is 1.50 bits per heavy atom. The molecule has 2 aromatic rings. The van der Waals surface area contributed by atoms with Crippen molar-refractivity contribution in [3.63, 3.8) is 0 Å². The number of carbonyl (C=O) groups excluding carboxylic acids is 1. The Morgan fingerprint density at radius 2 is 2.33 bits per heavy atom. The molecular weight excluding hydrogens is 230 g/mol. The number of H-pyrrole nitrogens is 1. The molecule has 92 valence electrons. The number of imidazole rings is 1. The van der Waals surface area contributed by atoms with Gasteiger partial charge < -0.3 is 10.7 Å². The molecule has 0 bridgehead atoms. The molecule has 1 aliphatic heterocycles. The minimum absolute atomic E-state index is 0.495. The number of aryl methyl sites for hydroxylation is 1. The van der Waals surface area contributed by atoms with Crippen LogP contribution in [0, 0.1) is 6.92 Å². The van der Waals surface area contributed by atoms with E-state index in [2.05, 4.69) is 9.97 Å². The van der Waals surface area contributed by atoms with E-state index in [9.17, 15) is 4.79 Å². The van der Waals surface area contributed by atoms with Gasteiger partial charge in [-0.15, -0.1) is 0 Å². The van der Waals surface area contributed by atoms with E-state index in [1.165, 1.54) is 5.01 Å². The smallest absolute Gasteiger partial charge is 0.228 e. The van der Waals surface area contributed by atoms with E-state index in [0.29, 0.717) is 12.4 Å². The number of aromatic amines is 1. The highest BCUT2D eigenvalue weighted by atomic mass is 16.1. The van der Waals surface area contributed by atoms with E-state index in [1.54, 1.807) is 11.1 Å². The van der Waals surface area contributed by atoms with Gasteiger partial charge in [0, 0.05) is 0 Å². The number of nitrogens with zero attached hydrogens (tertiary/aromatic N) is 3. The Labute approximate surface area is 104 Å². The first-order valence-electron chi connectivity index (χ1n) is 5.63. The van der Waals surface area contributed by atoms with Crippen LogP contribution in [0.5, 0.6) is 0 Å². The molecule has 0 saturated heterocycles. The third-order valence-electron chi connectivity index (χ3n) is 2.94. The molecule has 0 saturated carbocycles. The van der Waals surface area contributed by atoms with Crippen LogP contribution in [0.3, 0.4) is 0 Å². The molecule has 3 N–H and O–H groups in total. The molecule has 0 spiro atoms. The molecule has 3 rings (SSSR count). The van der Waals surface area contributed by atoms with Gasteiger partial charge in [-0.25, -0.2) is 15.0 Å². The number of amides is 1. The van der Waals surface area contributed by atoms with Crippen LogP contribution in [0.25, 0.3) is 11.0 Å². The summed E-state index contributed by atoms with van der Waals surface area (Å²) in [5.41, 5.74) is 8.55. The van der Waals surface area contributed by atoms with Gasteiger partial charge in [-0.2, -0.15) is 0 Å². The number of hydrogen-bond acceptors (Lipinski definition) is 4. The summed E-state index contributed by atoms with van der Waals surface area (Å²) in [5, 5.41) is 3.20. The van der Waals surface area contributed by atoms with Crippen LogP contribution in [0.4, 0.5) is 5.69 Å². The first-order valence-corrected chi connectivity index (χ1v) is 5.63. The summed E-state index contributed by atoms with van der Waals surface area (Å²) in [4.78, 5) is 18.5. The van der Waals surface area contributed by atoms with Crippen molar-refractivity contribution in [2.45, 2.75) is 6.92 Å². The fourth-order valence-corrected chi connectivity index (χ4v) is 2.15. The first kappa shape index (κ1) is 10.6. The number of hydrogen-bond donors (Lipinski definition) is 2. The number of anilines is 1. The fourth-order valence-electron chi connectivity index (χ4n) is 2.15. The SMILES string of the molecule is Cc1nc2ccc(N3C(N)=CCN3C=O)cc2[nH]1. The summed E-state index contributed by atoms with van der Waals surface area (Å²) in [6.07, 6.45) is 2.57. The van der Waals surface area contributed by atoms with Gasteiger partial charge in [0.25, 0.3) is 0 Å². The number of nitrogens with two attached hydrogens (primary N) is 1. The van der Waals surface area contributed by atoms with Crippen molar-refractivity contribution in [3.8, 4) is 0 Å². The molecule has 0 atom stereocenters. The Balaban J connectivity index is 2.07. The molecule has 0 fully saturated rings. The number of carbonyl (C=O) groups is 1. The molecule has 1 aromatic heterocycles. The monoisotopic (exact) mass is 243 g/mol. The van der Waals surface area contributed by atoms with Crippen molar-refractivity contribution in [2.75, 3.05) is 11.6 Å². The fraction of sp³-hybridized carbons (Fsp3) is 0.167. The first-order chi connectivity index (χ1) is 8.69. The maximum absolute atomic E-state index is 11.0. The van der Waals surface area contributed by atoms with E-state index in [-0.39, 0.29) is 0 Å². The summed E-state index contributed by atoms with van der Waals surface area (Å²) in [6.45, 7) is 2.40. The predicted octanol–water partition coefficient (Wildman–Crippen LogP) is 0.865. The van der Waals surface area contributed by atoms with E-state index in [1.807, 2.05) is 25.1 Å². The molecule has 1 aliphatic rings. The van der Waals surface area contributed by atoms with E-state index in [0.717, 1.165) is 29.0 Å².